The highest BCUT2D eigenvalue weighted by molar-refractivity contribution is 6.40. The minimum absolute atomic E-state index is 0.0981. The molecule has 2 aromatic rings. The van der Waals surface area contributed by atoms with Crippen molar-refractivity contribution in [3.8, 4) is 0 Å². The standard InChI is InChI=1S/C10H7Cl2N3O2/c1-5-8(15-17-14-5)10(16)13-9-6(11)3-2-4-7(9)12/h2-4H,1H3,(H,13,16). The van der Waals surface area contributed by atoms with Crippen LogP contribution in [0.2, 0.25) is 10.0 Å². The van der Waals surface area contributed by atoms with Gasteiger partial charge in [-0.25, -0.2) is 4.63 Å². The summed E-state index contributed by atoms with van der Waals surface area (Å²) in [4.78, 5) is 11.8. The number of hydrogen-bond donors (Lipinski definition) is 1. The number of hydrogen-bond acceptors (Lipinski definition) is 4. The van der Waals surface area contributed by atoms with E-state index in [1.54, 1.807) is 25.1 Å². The van der Waals surface area contributed by atoms with E-state index < -0.39 is 5.91 Å². The van der Waals surface area contributed by atoms with E-state index in [1.807, 2.05) is 0 Å². The first-order valence-electron chi connectivity index (χ1n) is 4.64. The van der Waals surface area contributed by atoms with E-state index in [0.717, 1.165) is 0 Å². The largest absolute Gasteiger partial charge is 0.318 e. The van der Waals surface area contributed by atoms with Crippen LogP contribution >= 0.6 is 23.2 Å². The molecule has 88 valence electrons. The molecule has 0 aliphatic heterocycles. The molecule has 0 fully saturated rings. The van der Waals surface area contributed by atoms with Gasteiger partial charge in [0.05, 0.1) is 15.7 Å². The van der Waals surface area contributed by atoms with Crippen LogP contribution < -0.4 is 5.32 Å². The Bertz CT molecular complexity index is 548. The number of halogens is 2. The Balaban J connectivity index is 2.28. The summed E-state index contributed by atoms with van der Waals surface area (Å²) in [5.41, 5.74) is 0.829. The number of carbonyl (C=O) groups is 1. The lowest BCUT2D eigenvalue weighted by Crippen LogP contribution is -2.14. The smallest absolute Gasteiger partial charge is 0.279 e. The average Bonchev–Trinajstić information content (AvgIpc) is 2.70. The number of anilines is 1. The monoisotopic (exact) mass is 271 g/mol. The van der Waals surface area contributed by atoms with Gasteiger partial charge in [0, 0.05) is 0 Å². The van der Waals surface area contributed by atoms with Crippen LogP contribution in [0, 0.1) is 6.92 Å². The molecule has 0 saturated carbocycles. The highest BCUT2D eigenvalue weighted by Gasteiger charge is 2.17. The minimum Gasteiger partial charge on any atom is -0.318 e. The van der Waals surface area contributed by atoms with Crippen molar-refractivity contribution in [1.29, 1.82) is 0 Å². The zero-order valence-corrected chi connectivity index (χ0v) is 10.2. The van der Waals surface area contributed by atoms with E-state index in [1.165, 1.54) is 0 Å². The van der Waals surface area contributed by atoms with Crippen LogP contribution in [0.15, 0.2) is 22.8 Å². The Labute approximate surface area is 107 Å². The second-order valence-electron chi connectivity index (χ2n) is 3.25. The molecule has 0 atom stereocenters. The molecule has 2 rings (SSSR count). The lowest BCUT2D eigenvalue weighted by molar-refractivity contribution is 0.101. The van der Waals surface area contributed by atoms with Crippen molar-refractivity contribution in [2.45, 2.75) is 6.92 Å². The van der Waals surface area contributed by atoms with Crippen LogP contribution in [-0.4, -0.2) is 16.2 Å². The number of aryl methyl sites for hydroxylation is 1. The zero-order valence-electron chi connectivity index (χ0n) is 8.70. The summed E-state index contributed by atoms with van der Waals surface area (Å²) in [5.74, 6) is -0.473. The Morgan fingerprint density at radius 3 is 2.47 bits per heavy atom. The molecule has 1 aromatic heterocycles. The molecule has 1 N–H and O–H groups in total. The van der Waals surface area contributed by atoms with Gasteiger partial charge < -0.3 is 5.32 Å². The van der Waals surface area contributed by atoms with Crippen molar-refractivity contribution in [2.24, 2.45) is 0 Å². The molecular formula is C10H7Cl2N3O2. The van der Waals surface area contributed by atoms with Gasteiger partial charge in [-0.2, -0.15) is 0 Å². The number of amides is 1. The lowest BCUT2D eigenvalue weighted by Gasteiger charge is -2.07. The third-order valence-electron chi connectivity index (χ3n) is 2.07. The Kier molecular flexibility index (Phi) is 3.31. The maximum atomic E-state index is 11.8. The second kappa shape index (κ2) is 4.73. The summed E-state index contributed by atoms with van der Waals surface area (Å²) in [5, 5.41) is 10.2. The summed E-state index contributed by atoms with van der Waals surface area (Å²) >= 11 is 11.8. The zero-order chi connectivity index (χ0) is 12.4. The van der Waals surface area contributed by atoms with Crippen molar-refractivity contribution in [3.63, 3.8) is 0 Å². The molecule has 0 spiro atoms. The summed E-state index contributed by atoms with van der Waals surface area (Å²) in [7, 11) is 0. The molecule has 0 bridgehead atoms. The first-order chi connectivity index (χ1) is 8.09. The quantitative estimate of drug-likeness (QED) is 0.912. The average molecular weight is 272 g/mol. The number of carbonyl (C=O) groups excluding carboxylic acids is 1. The van der Waals surface area contributed by atoms with Gasteiger partial charge in [0.15, 0.2) is 5.69 Å². The van der Waals surface area contributed by atoms with Gasteiger partial charge in [0.25, 0.3) is 5.91 Å². The van der Waals surface area contributed by atoms with Crippen molar-refractivity contribution >= 4 is 34.8 Å². The number of aromatic nitrogens is 2. The van der Waals surface area contributed by atoms with Crippen LogP contribution in [0.5, 0.6) is 0 Å². The Morgan fingerprint density at radius 2 is 1.94 bits per heavy atom. The molecule has 5 nitrogen and oxygen atoms in total. The molecular weight excluding hydrogens is 265 g/mol. The van der Waals surface area contributed by atoms with Gasteiger partial charge in [-0.15, -0.1) is 0 Å². The van der Waals surface area contributed by atoms with E-state index in [0.29, 0.717) is 21.4 Å². The summed E-state index contributed by atoms with van der Waals surface area (Å²) in [6, 6.07) is 4.93. The number of benzene rings is 1. The maximum Gasteiger partial charge on any atom is 0.279 e. The lowest BCUT2D eigenvalue weighted by atomic mass is 10.3. The number of para-hydroxylation sites is 1. The fraction of sp³-hybridized carbons (Fsp3) is 0.100. The fourth-order valence-corrected chi connectivity index (χ4v) is 1.72. The molecule has 7 heteroatoms. The van der Waals surface area contributed by atoms with E-state index in [-0.39, 0.29) is 5.69 Å². The van der Waals surface area contributed by atoms with E-state index in [4.69, 9.17) is 23.2 Å². The van der Waals surface area contributed by atoms with Gasteiger partial charge in [-0.3, -0.25) is 4.79 Å². The molecule has 17 heavy (non-hydrogen) atoms. The van der Waals surface area contributed by atoms with Crippen LogP contribution in [0.4, 0.5) is 5.69 Å². The number of nitrogens with zero attached hydrogens (tertiary/aromatic N) is 2. The predicted molar refractivity (Wildman–Crippen MR) is 63.5 cm³/mol. The first kappa shape index (κ1) is 11.9. The Morgan fingerprint density at radius 1 is 1.29 bits per heavy atom. The van der Waals surface area contributed by atoms with Gasteiger partial charge >= 0.3 is 0 Å². The van der Waals surface area contributed by atoms with E-state index in [2.05, 4.69) is 20.3 Å². The van der Waals surface area contributed by atoms with Gasteiger partial charge in [-0.05, 0) is 24.2 Å². The summed E-state index contributed by atoms with van der Waals surface area (Å²) < 4.78 is 4.44. The topological polar surface area (TPSA) is 68.0 Å². The van der Waals surface area contributed by atoms with Crippen molar-refractivity contribution in [1.82, 2.24) is 10.3 Å². The molecule has 0 aliphatic carbocycles. The molecule has 1 amide bonds. The number of rotatable bonds is 2. The van der Waals surface area contributed by atoms with Crippen LogP contribution in [0.1, 0.15) is 16.2 Å². The van der Waals surface area contributed by atoms with Crippen molar-refractivity contribution in [3.05, 3.63) is 39.6 Å². The van der Waals surface area contributed by atoms with Crippen molar-refractivity contribution in [2.75, 3.05) is 5.32 Å². The van der Waals surface area contributed by atoms with Gasteiger partial charge in [-0.1, -0.05) is 34.4 Å². The molecule has 0 aliphatic rings. The van der Waals surface area contributed by atoms with E-state index >= 15 is 0 Å². The minimum atomic E-state index is -0.473. The normalized spacial score (nSPS) is 10.3. The highest BCUT2D eigenvalue weighted by Crippen LogP contribution is 2.30. The van der Waals surface area contributed by atoms with Crippen LogP contribution in [0.3, 0.4) is 0 Å². The summed E-state index contributed by atoms with van der Waals surface area (Å²) in [6.07, 6.45) is 0. The predicted octanol–water partition coefficient (Wildman–Crippen LogP) is 2.94. The maximum absolute atomic E-state index is 11.8. The van der Waals surface area contributed by atoms with Crippen LogP contribution in [0.25, 0.3) is 0 Å². The van der Waals surface area contributed by atoms with E-state index in [9.17, 15) is 4.79 Å². The first-order valence-corrected chi connectivity index (χ1v) is 5.39. The molecule has 1 heterocycles. The molecule has 0 radical (unpaired) electrons. The second-order valence-corrected chi connectivity index (χ2v) is 4.06. The SMILES string of the molecule is Cc1nonc1C(=O)Nc1c(Cl)cccc1Cl. The highest BCUT2D eigenvalue weighted by atomic mass is 35.5. The van der Waals surface area contributed by atoms with Gasteiger partial charge in [0.2, 0.25) is 0 Å². The summed E-state index contributed by atoms with van der Waals surface area (Å²) in [6.45, 7) is 1.61. The molecule has 0 unspecified atom stereocenters. The third kappa shape index (κ3) is 2.40. The molecule has 1 aromatic carbocycles. The number of nitrogens with one attached hydrogen (secondary N) is 1. The van der Waals surface area contributed by atoms with Crippen molar-refractivity contribution < 1.29 is 9.42 Å². The van der Waals surface area contributed by atoms with Gasteiger partial charge in [0.1, 0.15) is 5.69 Å². The molecule has 0 saturated heterocycles. The fourth-order valence-electron chi connectivity index (χ4n) is 1.23. The Hall–Kier alpha value is -1.59. The van der Waals surface area contributed by atoms with Crippen LogP contribution in [-0.2, 0) is 0 Å². The third-order valence-corrected chi connectivity index (χ3v) is 2.70.